The van der Waals surface area contributed by atoms with E-state index in [2.05, 4.69) is 5.16 Å². The summed E-state index contributed by atoms with van der Waals surface area (Å²) in [5, 5.41) is 4.99. The first-order valence-corrected chi connectivity index (χ1v) is 9.60. The molecule has 1 heterocycles. The Morgan fingerprint density at radius 1 is 0.867 bits per heavy atom. The summed E-state index contributed by atoms with van der Waals surface area (Å²) in [6, 6.07) is 20.1. The SMILES string of the molecule is O=C1ON=C(c2ccc(Cl)cc2)C1=Cc1ccc(OC(=O)c2ccc(Cl)cc2)cc1. The third kappa shape index (κ3) is 4.43. The van der Waals surface area contributed by atoms with Gasteiger partial charge in [-0.3, -0.25) is 0 Å². The lowest BCUT2D eigenvalue weighted by atomic mass is 10.0. The van der Waals surface area contributed by atoms with Gasteiger partial charge in [0.15, 0.2) is 0 Å². The number of carbonyl (C=O) groups is 2. The predicted octanol–water partition coefficient (Wildman–Crippen LogP) is 5.56. The molecule has 0 aliphatic carbocycles. The molecule has 0 atom stereocenters. The highest BCUT2D eigenvalue weighted by molar-refractivity contribution is 6.32. The molecule has 0 amide bonds. The second-order valence-electron chi connectivity index (χ2n) is 6.35. The number of nitrogens with zero attached hydrogens (tertiary/aromatic N) is 1. The van der Waals surface area contributed by atoms with Gasteiger partial charge >= 0.3 is 11.9 Å². The van der Waals surface area contributed by atoms with Crippen LogP contribution in [-0.4, -0.2) is 17.7 Å². The van der Waals surface area contributed by atoms with E-state index in [0.29, 0.717) is 38.2 Å². The van der Waals surface area contributed by atoms with Crippen molar-refractivity contribution >= 4 is 46.9 Å². The van der Waals surface area contributed by atoms with Crippen LogP contribution in [0.1, 0.15) is 21.5 Å². The van der Waals surface area contributed by atoms with Crippen molar-refractivity contribution in [2.24, 2.45) is 5.16 Å². The first kappa shape index (κ1) is 19.9. The molecule has 1 aliphatic heterocycles. The molecule has 0 bridgehead atoms. The Morgan fingerprint density at radius 2 is 1.47 bits per heavy atom. The summed E-state index contributed by atoms with van der Waals surface area (Å²) in [5.41, 5.74) is 2.57. The van der Waals surface area contributed by atoms with Crippen molar-refractivity contribution in [3.05, 3.63) is 105 Å². The van der Waals surface area contributed by atoms with Crippen LogP contribution in [0.15, 0.2) is 83.5 Å². The zero-order chi connectivity index (χ0) is 21.1. The Bertz CT molecular complexity index is 1170. The zero-order valence-electron chi connectivity index (χ0n) is 15.3. The Morgan fingerprint density at radius 3 is 2.10 bits per heavy atom. The number of rotatable bonds is 4. The lowest BCUT2D eigenvalue weighted by molar-refractivity contribution is -0.136. The van der Waals surface area contributed by atoms with Crippen molar-refractivity contribution in [1.29, 1.82) is 0 Å². The summed E-state index contributed by atoms with van der Waals surface area (Å²) < 4.78 is 5.36. The summed E-state index contributed by atoms with van der Waals surface area (Å²) in [6.45, 7) is 0. The van der Waals surface area contributed by atoms with Gasteiger partial charge in [0.05, 0.1) is 11.1 Å². The van der Waals surface area contributed by atoms with E-state index in [1.165, 1.54) is 0 Å². The van der Waals surface area contributed by atoms with Crippen LogP contribution >= 0.6 is 23.2 Å². The maximum absolute atomic E-state index is 12.2. The topological polar surface area (TPSA) is 65.0 Å². The van der Waals surface area contributed by atoms with Crippen LogP contribution in [0, 0.1) is 0 Å². The highest BCUT2D eigenvalue weighted by Gasteiger charge is 2.26. The molecule has 0 saturated carbocycles. The Hall–Kier alpha value is -3.41. The molecule has 0 N–H and O–H groups in total. The molecule has 0 saturated heterocycles. The molecule has 7 heteroatoms. The number of carbonyl (C=O) groups excluding carboxylic acids is 2. The fourth-order valence-electron chi connectivity index (χ4n) is 2.78. The zero-order valence-corrected chi connectivity index (χ0v) is 16.9. The van der Waals surface area contributed by atoms with Gasteiger partial charge < -0.3 is 9.57 Å². The Balaban J connectivity index is 1.52. The standard InChI is InChI=1S/C23H13Cl2NO4/c24-17-7-3-15(4-8-17)21-20(23(28)30-26-21)13-14-1-11-19(12-2-14)29-22(27)16-5-9-18(25)10-6-16/h1-13H. The van der Waals surface area contributed by atoms with Crippen LogP contribution in [0.2, 0.25) is 10.0 Å². The van der Waals surface area contributed by atoms with Crippen LogP contribution in [0.5, 0.6) is 5.75 Å². The predicted molar refractivity (Wildman–Crippen MR) is 115 cm³/mol. The molecular formula is C23H13Cl2NO4. The summed E-state index contributed by atoms with van der Waals surface area (Å²) in [7, 11) is 0. The molecule has 30 heavy (non-hydrogen) atoms. The van der Waals surface area contributed by atoms with Crippen molar-refractivity contribution in [2.75, 3.05) is 0 Å². The fraction of sp³-hybridized carbons (Fsp3) is 0. The lowest BCUT2D eigenvalue weighted by Crippen LogP contribution is -2.08. The molecule has 5 nitrogen and oxygen atoms in total. The second kappa shape index (κ2) is 8.53. The molecule has 3 aromatic carbocycles. The average Bonchev–Trinajstić information content (AvgIpc) is 3.11. The monoisotopic (exact) mass is 437 g/mol. The van der Waals surface area contributed by atoms with E-state index in [9.17, 15) is 9.59 Å². The minimum atomic E-state index is -0.543. The highest BCUT2D eigenvalue weighted by atomic mass is 35.5. The van der Waals surface area contributed by atoms with Crippen molar-refractivity contribution < 1.29 is 19.2 Å². The van der Waals surface area contributed by atoms with Crippen LogP contribution in [0.4, 0.5) is 0 Å². The number of halogens is 2. The van der Waals surface area contributed by atoms with E-state index in [1.807, 2.05) is 0 Å². The van der Waals surface area contributed by atoms with Crippen molar-refractivity contribution in [1.82, 2.24) is 0 Å². The number of benzene rings is 3. The van der Waals surface area contributed by atoms with Gasteiger partial charge in [-0.25, -0.2) is 9.59 Å². The molecule has 0 fully saturated rings. The van der Waals surface area contributed by atoms with Gasteiger partial charge in [0.2, 0.25) is 0 Å². The number of hydrogen-bond donors (Lipinski definition) is 0. The lowest BCUT2D eigenvalue weighted by Gasteiger charge is -2.05. The maximum Gasteiger partial charge on any atom is 0.368 e. The first-order chi connectivity index (χ1) is 14.5. The third-order valence-corrected chi connectivity index (χ3v) is 4.80. The van der Waals surface area contributed by atoms with Crippen LogP contribution in [-0.2, 0) is 9.63 Å². The molecule has 3 aromatic rings. The van der Waals surface area contributed by atoms with Gasteiger partial charge in [0.1, 0.15) is 11.5 Å². The number of esters is 1. The quantitative estimate of drug-likeness (QED) is 0.232. The van der Waals surface area contributed by atoms with Gasteiger partial charge in [-0.2, -0.15) is 0 Å². The van der Waals surface area contributed by atoms with E-state index in [1.54, 1.807) is 78.9 Å². The smallest absolute Gasteiger partial charge is 0.368 e. The number of ether oxygens (including phenoxy) is 1. The normalized spacial score (nSPS) is 14.4. The Kier molecular flexibility index (Phi) is 5.65. The summed E-state index contributed by atoms with van der Waals surface area (Å²) in [4.78, 5) is 29.1. The van der Waals surface area contributed by atoms with Gasteiger partial charge in [0.25, 0.3) is 0 Å². The van der Waals surface area contributed by atoms with Gasteiger partial charge in [-0.15, -0.1) is 0 Å². The fourth-order valence-corrected chi connectivity index (χ4v) is 3.03. The van der Waals surface area contributed by atoms with E-state index < -0.39 is 11.9 Å². The van der Waals surface area contributed by atoms with E-state index in [-0.39, 0.29) is 0 Å². The highest BCUT2D eigenvalue weighted by Crippen LogP contribution is 2.23. The van der Waals surface area contributed by atoms with Gasteiger partial charge in [-0.1, -0.05) is 52.6 Å². The van der Waals surface area contributed by atoms with E-state index >= 15 is 0 Å². The average molecular weight is 438 g/mol. The third-order valence-electron chi connectivity index (χ3n) is 4.29. The van der Waals surface area contributed by atoms with Crippen LogP contribution < -0.4 is 4.74 Å². The van der Waals surface area contributed by atoms with Crippen LogP contribution in [0.3, 0.4) is 0 Å². The van der Waals surface area contributed by atoms with Gasteiger partial charge in [0, 0.05) is 15.6 Å². The van der Waals surface area contributed by atoms with Crippen LogP contribution in [0.25, 0.3) is 6.08 Å². The molecule has 148 valence electrons. The summed E-state index contributed by atoms with van der Waals surface area (Å²) in [5.74, 6) is -0.662. The summed E-state index contributed by atoms with van der Waals surface area (Å²) in [6.07, 6.45) is 1.66. The number of hydrogen-bond acceptors (Lipinski definition) is 5. The molecule has 0 spiro atoms. The minimum Gasteiger partial charge on any atom is -0.423 e. The molecular weight excluding hydrogens is 425 g/mol. The van der Waals surface area contributed by atoms with Crippen molar-refractivity contribution in [3.8, 4) is 5.75 Å². The maximum atomic E-state index is 12.2. The van der Waals surface area contributed by atoms with Crippen molar-refractivity contribution in [2.45, 2.75) is 0 Å². The number of oxime groups is 1. The van der Waals surface area contributed by atoms with E-state index in [4.69, 9.17) is 32.8 Å². The first-order valence-electron chi connectivity index (χ1n) is 8.85. The van der Waals surface area contributed by atoms with Gasteiger partial charge in [-0.05, 0) is 60.2 Å². The van der Waals surface area contributed by atoms with E-state index in [0.717, 1.165) is 5.56 Å². The summed E-state index contributed by atoms with van der Waals surface area (Å²) >= 11 is 11.7. The largest absolute Gasteiger partial charge is 0.423 e. The molecule has 0 aromatic heterocycles. The molecule has 4 rings (SSSR count). The Labute approximate surface area is 182 Å². The molecule has 0 unspecified atom stereocenters. The minimum absolute atomic E-state index is 0.322. The molecule has 1 aliphatic rings. The molecule has 0 radical (unpaired) electrons. The second-order valence-corrected chi connectivity index (χ2v) is 7.22. The van der Waals surface area contributed by atoms with Crippen molar-refractivity contribution in [3.63, 3.8) is 0 Å².